The van der Waals surface area contributed by atoms with Gasteiger partial charge in [0.05, 0.1) is 6.10 Å². The summed E-state index contributed by atoms with van der Waals surface area (Å²) in [5, 5.41) is 0. The van der Waals surface area contributed by atoms with Crippen LogP contribution in [-0.4, -0.2) is 43.6 Å². The van der Waals surface area contributed by atoms with Gasteiger partial charge < -0.3 is 9.64 Å². The molecule has 0 aromatic heterocycles. The van der Waals surface area contributed by atoms with Gasteiger partial charge in [-0.2, -0.15) is 0 Å². The van der Waals surface area contributed by atoms with Crippen LogP contribution in [0.2, 0.25) is 0 Å². The highest BCUT2D eigenvalue weighted by molar-refractivity contribution is 6.18. The predicted molar refractivity (Wildman–Crippen MR) is 49.3 cm³/mol. The van der Waals surface area contributed by atoms with Crippen LogP contribution in [0.5, 0.6) is 0 Å². The van der Waals surface area contributed by atoms with E-state index >= 15 is 0 Å². The van der Waals surface area contributed by atoms with Crippen molar-refractivity contribution in [1.82, 2.24) is 4.90 Å². The minimum absolute atomic E-state index is 0.177. The predicted octanol–water partition coefficient (Wildman–Crippen LogP) is 1.58. The zero-order valence-electron chi connectivity index (χ0n) is 7.64. The Morgan fingerprint density at radius 1 is 1.36 bits per heavy atom. The van der Waals surface area contributed by atoms with E-state index in [2.05, 4.69) is 18.7 Å². The second-order valence-corrected chi connectivity index (χ2v) is 2.81. The summed E-state index contributed by atoms with van der Waals surface area (Å²) in [5.74, 6) is 0.576. The summed E-state index contributed by atoms with van der Waals surface area (Å²) in [6.45, 7) is 7.35. The third-order valence-electron chi connectivity index (χ3n) is 1.86. The maximum Gasteiger partial charge on any atom is 0.0833 e. The van der Waals surface area contributed by atoms with Gasteiger partial charge in [-0.25, -0.2) is 0 Å². The van der Waals surface area contributed by atoms with Gasteiger partial charge in [0.15, 0.2) is 0 Å². The van der Waals surface area contributed by atoms with E-state index in [4.69, 9.17) is 16.3 Å². The number of methoxy groups -OCH3 is 1. The third-order valence-corrected chi connectivity index (χ3v) is 2.21. The Kier molecular flexibility index (Phi) is 7.02. The first-order chi connectivity index (χ1) is 5.28. The molecule has 3 heteroatoms. The smallest absolute Gasteiger partial charge is 0.0833 e. The Balaban J connectivity index is 3.58. The lowest BCUT2D eigenvalue weighted by Crippen LogP contribution is -2.34. The Morgan fingerprint density at radius 2 is 1.91 bits per heavy atom. The molecule has 0 spiro atoms. The third kappa shape index (κ3) is 4.62. The lowest BCUT2D eigenvalue weighted by atomic mass is 10.3. The molecule has 0 aliphatic rings. The van der Waals surface area contributed by atoms with E-state index < -0.39 is 0 Å². The Bertz CT molecular complexity index is 72.2. The monoisotopic (exact) mass is 179 g/mol. The maximum absolute atomic E-state index is 5.67. The lowest BCUT2D eigenvalue weighted by Gasteiger charge is -2.22. The average Bonchev–Trinajstić information content (AvgIpc) is 2.07. The van der Waals surface area contributed by atoms with Gasteiger partial charge in [-0.15, -0.1) is 11.6 Å². The number of nitrogens with zero attached hydrogens (tertiary/aromatic N) is 1. The summed E-state index contributed by atoms with van der Waals surface area (Å²) in [6, 6.07) is 0. The molecule has 0 saturated carbocycles. The SMILES string of the molecule is CCN(CC)C[C@H](CCl)OC. The molecule has 0 unspecified atom stereocenters. The lowest BCUT2D eigenvalue weighted by molar-refractivity contribution is 0.0831. The molecule has 0 N–H and O–H groups in total. The van der Waals surface area contributed by atoms with Crippen molar-refractivity contribution in [3.63, 3.8) is 0 Å². The maximum atomic E-state index is 5.67. The molecule has 2 nitrogen and oxygen atoms in total. The van der Waals surface area contributed by atoms with Gasteiger partial charge in [0.1, 0.15) is 0 Å². The quantitative estimate of drug-likeness (QED) is 0.575. The molecule has 0 saturated heterocycles. The minimum Gasteiger partial charge on any atom is -0.379 e. The van der Waals surface area contributed by atoms with Gasteiger partial charge >= 0.3 is 0 Å². The van der Waals surface area contributed by atoms with Crippen molar-refractivity contribution in [3.05, 3.63) is 0 Å². The van der Waals surface area contributed by atoms with E-state index in [9.17, 15) is 0 Å². The summed E-state index contributed by atoms with van der Waals surface area (Å²) >= 11 is 5.67. The topological polar surface area (TPSA) is 12.5 Å². The van der Waals surface area contributed by atoms with E-state index in [1.165, 1.54) is 0 Å². The van der Waals surface area contributed by atoms with E-state index in [0.29, 0.717) is 5.88 Å². The van der Waals surface area contributed by atoms with Crippen molar-refractivity contribution in [1.29, 1.82) is 0 Å². The number of rotatable bonds is 6. The van der Waals surface area contributed by atoms with Crippen molar-refractivity contribution in [2.45, 2.75) is 20.0 Å². The van der Waals surface area contributed by atoms with Gasteiger partial charge in [-0.3, -0.25) is 0 Å². The fraction of sp³-hybridized carbons (Fsp3) is 1.00. The van der Waals surface area contributed by atoms with Gasteiger partial charge in [-0.1, -0.05) is 13.8 Å². The molecular formula is C8H18ClNO. The van der Waals surface area contributed by atoms with Crippen molar-refractivity contribution in [2.24, 2.45) is 0 Å². The number of hydrogen-bond donors (Lipinski definition) is 0. The second-order valence-electron chi connectivity index (χ2n) is 2.50. The summed E-state index contributed by atoms with van der Waals surface area (Å²) < 4.78 is 5.16. The normalized spacial score (nSPS) is 13.9. The van der Waals surface area contributed by atoms with Crippen molar-refractivity contribution in [2.75, 3.05) is 32.6 Å². The average molecular weight is 180 g/mol. The number of alkyl halides is 1. The van der Waals surface area contributed by atoms with Crippen LogP contribution < -0.4 is 0 Å². The summed E-state index contributed by atoms with van der Waals surface area (Å²) in [5.41, 5.74) is 0. The van der Waals surface area contributed by atoms with E-state index in [-0.39, 0.29) is 6.10 Å². The molecule has 0 bridgehead atoms. The Hall–Kier alpha value is 0.210. The molecule has 11 heavy (non-hydrogen) atoms. The molecule has 1 atom stereocenters. The number of likely N-dealkylation sites (N-methyl/N-ethyl adjacent to an activating group) is 1. The second kappa shape index (κ2) is 6.89. The zero-order valence-corrected chi connectivity index (χ0v) is 8.40. The van der Waals surface area contributed by atoms with Gasteiger partial charge in [0.2, 0.25) is 0 Å². The fourth-order valence-electron chi connectivity index (χ4n) is 0.956. The highest BCUT2D eigenvalue weighted by Crippen LogP contribution is 1.97. The van der Waals surface area contributed by atoms with Crippen LogP contribution in [-0.2, 0) is 4.74 Å². The molecule has 0 rings (SSSR count). The van der Waals surface area contributed by atoms with Crippen LogP contribution in [0.3, 0.4) is 0 Å². The van der Waals surface area contributed by atoms with Crippen molar-refractivity contribution in [3.8, 4) is 0 Å². The van der Waals surface area contributed by atoms with Crippen LogP contribution >= 0.6 is 11.6 Å². The number of ether oxygens (including phenoxy) is 1. The molecule has 68 valence electrons. The van der Waals surface area contributed by atoms with Gasteiger partial charge in [0, 0.05) is 19.5 Å². The van der Waals surface area contributed by atoms with Gasteiger partial charge in [-0.05, 0) is 13.1 Å². The highest BCUT2D eigenvalue weighted by atomic mass is 35.5. The summed E-state index contributed by atoms with van der Waals surface area (Å²) in [6.07, 6.45) is 0.177. The molecule has 0 aliphatic heterocycles. The van der Waals surface area contributed by atoms with Crippen LogP contribution in [0.1, 0.15) is 13.8 Å². The highest BCUT2D eigenvalue weighted by Gasteiger charge is 2.08. The molecule has 0 aliphatic carbocycles. The standard InChI is InChI=1S/C8H18ClNO/c1-4-10(5-2)7-8(6-9)11-3/h8H,4-7H2,1-3H3/t8-/m0/s1. The van der Waals surface area contributed by atoms with E-state index in [1.807, 2.05) is 0 Å². The summed E-state index contributed by atoms with van der Waals surface area (Å²) in [4.78, 5) is 2.30. The number of halogens is 1. The molecule has 0 aromatic carbocycles. The molecule has 0 fully saturated rings. The Labute approximate surface area is 74.5 Å². The first-order valence-electron chi connectivity index (χ1n) is 4.09. The van der Waals surface area contributed by atoms with E-state index in [0.717, 1.165) is 19.6 Å². The fourth-order valence-corrected chi connectivity index (χ4v) is 1.18. The molecule has 0 heterocycles. The number of hydrogen-bond acceptors (Lipinski definition) is 2. The van der Waals surface area contributed by atoms with Crippen LogP contribution in [0.15, 0.2) is 0 Å². The summed E-state index contributed by atoms with van der Waals surface area (Å²) in [7, 11) is 1.70. The van der Waals surface area contributed by atoms with Crippen LogP contribution in [0, 0.1) is 0 Å². The molecule has 0 radical (unpaired) electrons. The van der Waals surface area contributed by atoms with E-state index in [1.54, 1.807) is 7.11 Å². The molecular weight excluding hydrogens is 162 g/mol. The zero-order chi connectivity index (χ0) is 8.69. The molecule has 0 aromatic rings. The van der Waals surface area contributed by atoms with Crippen LogP contribution in [0.25, 0.3) is 0 Å². The van der Waals surface area contributed by atoms with Gasteiger partial charge in [0.25, 0.3) is 0 Å². The Morgan fingerprint density at radius 3 is 2.18 bits per heavy atom. The molecule has 0 amide bonds. The first kappa shape index (κ1) is 11.2. The minimum atomic E-state index is 0.177. The van der Waals surface area contributed by atoms with Crippen molar-refractivity contribution < 1.29 is 4.74 Å². The first-order valence-corrected chi connectivity index (χ1v) is 4.63. The van der Waals surface area contributed by atoms with Crippen LogP contribution in [0.4, 0.5) is 0 Å². The van der Waals surface area contributed by atoms with Crippen molar-refractivity contribution >= 4 is 11.6 Å². The largest absolute Gasteiger partial charge is 0.379 e.